The zero-order valence-corrected chi connectivity index (χ0v) is 26.6. The van der Waals surface area contributed by atoms with Crippen molar-refractivity contribution in [2.75, 3.05) is 13.7 Å². The number of carbonyl (C=O) groups excluding carboxylic acids is 5. The van der Waals surface area contributed by atoms with E-state index in [9.17, 15) is 29.1 Å². The zero-order chi connectivity index (χ0) is 32.4. The number of likely N-dealkylation sites (N-methyl/N-ethyl adjacent to an activating group) is 1. The van der Waals surface area contributed by atoms with Gasteiger partial charge in [0, 0.05) is 18.5 Å². The lowest BCUT2D eigenvalue weighted by molar-refractivity contribution is -0.181. The molecule has 0 saturated heterocycles. The number of hydrogen-bond donors (Lipinski definition) is 2. The lowest BCUT2D eigenvalue weighted by Crippen LogP contribution is -2.60. The Bertz CT molecular complexity index is 1070. The van der Waals surface area contributed by atoms with Gasteiger partial charge in [0.15, 0.2) is 18.4 Å². The summed E-state index contributed by atoms with van der Waals surface area (Å²) < 4.78 is 16.1. The van der Waals surface area contributed by atoms with Crippen LogP contribution in [0.3, 0.4) is 0 Å². The summed E-state index contributed by atoms with van der Waals surface area (Å²) in [7, 11) is 1.31. The van der Waals surface area contributed by atoms with Gasteiger partial charge in [0.1, 0.15) is 11.6 Å². The number of ketones is 1. The summed E-state index contributed by atoms with van der Waals surface area (Å²) in [5.41, 5.74) is -2.24. The maximum absolute atomic E-state index is 13.6. The van der Waals surface area contributed by atoms with E-state index in [0.29, 0.717) is 12.0 Å². The van der Waals surface area contributed by atoms with Gasteiger partial charge in [0.2, 0.25) is 12.0 Å². The third-order valence-corrected chi connectivity index (χ3v) is 6.40. The molecule has 0 radical (unpaired) electrons. The third-order valence-electron chi connectivity index (χ3n) is 6.40. The molecule has 0 aliphatic rings. The predicted molar refractivity (Wildman–Crippen MR) is 157 cm³/mol. The quantitative estimate of drug-likeness (QED) is 0.186. The lowest BCUT2D eigenvalue weighted by atomic mass is 9.95. The van der Waals surface area contributed by atoms with Gasteiger partial charge in [-0.2, -0.15) is 0 Å². The van der Waals surface area contributed by atoms with Gasteiger partial charge in [-0.25, -0.2) is 14.4 Å². The van der Waals surface area contributed by atoms with E-state index in [2.05, 4.69) is 5.32 Å². The molecule has 1 aromatic carbocycles. The molecule has 236 valence electrons. The molecule has 11 nitrogen and oxygen atoms in total. The molecule has 0 bridgehead atoms. The first-order valence-electron chi connectivity index (χ1n) is 14.2. The van der Waals surface area contributed by atoms with Crippen LogP contribution in [0.4, 0.5) is 4.79 Å². The monoisotopic (exact) mass is 592 g/mol. The van der Waals surface area contributed by atoms with Gasteiger partial charge >= 0.3 is 18.0 Å². The smallest absolute Gasteiger partial charge is 0.408 e. The van der Waals surface area contributed by atoms with E-state index >= 15 is 0 Å². The van der Waals surface area contributed by atoms with Gasteiger partial charge in [-0.1, -0.05) is 58.0 Å². The van der Waals surface area contributed by atoms with Crippen molar-refractivity contribution in [1.82, 2.24) is 10.2 Å². The Morgan fingerprint density at radius 1 is 0.952 bits per heavy atom. The van der Waals surface area contributed by atoms with Gasteiger partial charge in [-0.3, -0.25) is 9.59 Å². The molecule has 2 amide bonds. The number of Topliss-reactive ketones (excluding diaryl/α,β-unsaturated/α-hetero) is 1. The van der Waals surface area contributed by atoms with E-state index in [1.807, 2.05) is 13.8 Å². The van der Waals surface area contributed by atoms with Crippen LogP contribution < -0.4 is 5.32 Å². The Morgan fingerprint density at radius 3 is 2.00 bits per heavy atom. The standard InChI is InChI=1S/C31H48N2O9/c1-11-20(4)24(27(36)40-18-23(34)21-15-13-12-14-16-21)41-28(37)25(31(8,9)39)33(10)26(35)22(17-19(2)3)32-29(38)42-30(5,6)7/h12-16,19-20,22,24-25,39H,11,17-18H2,1-10H3,(H,32,38)/t20-,22+,24-,25?/m1/s1. The lowest BCUT2D eigenvalue weighted by Gasteiger charge is -2.37. The van der Waals surface area contributed by atoms with Gasteiger partial charge in [0.25, 0.3) is 0 Å². The summed E-state index contributed by atoms with van der Waals surface area (Å²) in [6, 6.07) is 5.68. The second-order valence-corrected chi connectivity index (χ2v) is 12.5. The Kier molecular flexibility index (Phi) is 13.6. The molecule has 0 aliphatic heterocycles. The van der Waals surface area contributed by atoms with Crippen LogP contribution in [0.15, 0.2) is 30.3 Å². The highest BCUT2D eigenvalue weighted by molar-refractivity contribution is 5.98. The molecule has 4 atom stereocenters. The van der Waals surface area contributed by atoms with Crippen molar-refractivity contribution in [1.29, 1.82) is 0 Å². The summed E-state index contributed by atoms with van der Waals surface area (Å²) in [5, 5.41) is 13.5. The van der Waals surface area contributed by atoms with Crippen LogP contribution in [-0.4, -0.2) is 82.8 Å². The first-order chi connectivity index (χ1) is 19.3. The van der Waals surface area contributed by atoms with Crippen molar-refractivity contribution in [2.24, 2.45) is 11.8 Å². The van der Waals surface area contributed by atoms with Crippen LogP contribution in [0.2, 0.25) is 0 Å². The number of aliphatic hydroxyl groups is 1. The van der Waals surface area contributed by atoms with Crippen molar-refractivity contribution in [3.05, 3.63) is 35.9 Å². The average Bonchev–Trinajstić information content (AvgIpc) is 2.87. The van der Waals surface area contributed by atoms with Crippen molar-refractivity contribution in [2.45, 2.75) is 105 Å². The molecule has 0 aliphatic carbocycles. The minimum atomic E-state index is -1.80. The molecular formula is C31H48N2O9. The van der Waals surface area contributed by atoms with Gasteiger partial charge in [0.05, 0.1) is 5.60 Å². The number of rotatable bonds is 14. The fourth-order valence-corrected chi connectivity index (χ4v) is 4.16. The van der Waals surface area contributed by atoms with Gasteiger partial charge < -0.3 is 29.5 Å². The number of hydrogen-bond acceptors (Lipinski definition) is 9. The SMILES string of the molecule is CC[C@@H](C)[C@@H](OC(=O)C(N(C)C(=O)[C@H](CC(C)C)NC(=O)OC(C)(C)C)C(C)(C)O)C(=O)OCC(=O)c1ccccc1. The maximum Gasteiger partial charge on any atom is 0.408 e. The summed E-state index contributed by atoms with van der Waals surface area (Å²) in [6.45, 7) is 14.4. The summed E-state index contributed by atoms with van der Waals surface area (Å²) in [4.78, 5) is 66.0. The Labute approximate surface area is 249 Å². The molecule has 1 unspecified atom stereocenters. The van der Waals surface area contributed by atoms with Crippen molar-refractivity contribution >= 4 is 29.7 Å². The highest BCUT2D eigenvalue weighted by atomic mass is 16.6. The predicted octanol–water partition coefficient (Wildman–Crippen LogP) is 3.91. The number of benzene rings is 1. The van der Waals surface area contributed by atoms with E-state index in [-0.39, 0.29) is 12.3 Å². The fraction of sp³-hybridized carbons (Fsp3) is 0.645. The highest BCUT2D eigenvalue weighted by Gasteiger charge is 2.44. The largest absolute Gasteiger partial charge is 0.455 e. The molecule has 0 heterocycles. The molecule has 0 spiro atoms. The number of nitrogens with zero attached hydrogens (tertiary/aromatic N) is 1. The Morgan fingerprint density at radius 2 is 1.52 bits per heavy atom. The maximum atomic E-state index is 13.6. The van der Waals surface area contributed by atoms with E-state index in [1.54, 1.807) is 65.0 Å². The van der Waals surface area contributed by atoms with E-state index in [4.69, 9.17) is 14.2 Å². The van der Waals surface area contributed by atoms with Gasteiger partial charge in [-0.05, 0) is 53.4 Å². The summed E-state index contributed by atoms with van der Waals surface area (Å²) >= 11 is 0. The minimum Gasteiger partial charge on any atom is -0.455 e. The van der Waals surface area contributed by atoms with Crippen molar-refractivity contribution in [3.8, 4) is 0 Å². The molecule has 0 aromatic heterocycles. The van der Waals surface area contributed by atoms with Crippen LogP contribution in [-0.2, 0) is 28.6 Å². The first kappa shape index (κ1) is 36.6. The van der Waals surface area contributed by atoms with Crippen LogP contribution >= 0.6 is 0 Å². The fourth-order valence-electron chi connectivity index (χ4n) is 4.16. The first-order valence-corrected chi connectivity index (χ1v) is 14.2. The second-order valence-electron chi connectivity index (χ2n) is 12.5. The molecule has 11 heteroatoms. The van der Waals surface area contributed by atoms with Crippen LogP contribution in [0, 0.1) is 11.8 Å². The number of alkyl carbamates (subject to hydrolysis) is 1. The molecule has 42 heavy (non-hydrogen) atoms. The van der Waals surface area contributed by atoms with E-state index < -0.39 is 71.6 Å². The highest BCUT2D eigenvalue weighted by Crippen LogP contribution is 2.22. The summed E-state index contributed by atoms with van der Waals surface area (Å²) in [5.74, 6) is -3.57. The molecule has 1 aromatic rings. The Hall–Kier alpha value is -3.47. The molecule has 0 fully saturated rings. The molecule has 2 N–H and O–H groups in total. The second kappa shape index (κ2) is 15.7. The third kappa shape index (κ3) is 11.8. The van der Waals surface area contributed by atoms with Gasteiger partial charge in [-0.15, -0.1) is 0 Å². The van der Waals surface area contributed by atoms with E-state index in [1.165, 1.54) is 20.9 Å². The van der Waals surface area contributed by atoms with Crippen LogP contribution in [0.25, 0.3) is 0 Å². The topological polar surface area (TPSA) is 149 Å². The average molecular weight is 593 g/mol. The van der Waals surface area contributed by atoms with Crippen LogP contribution in [0.5, 0.6) is 0 Å². The normalized spacial score (nSPS) is 14.7. The van der Waals surface area contributed by atoms with Crippen LogP contribution in [0.1, 0.15) is 85.5 Å². The molecular weight excluding hydrogens is 544 g/mol. The minimum absolute atomic E-state index is 0.0158. The number of carbonyl (C=O) groups is 5. The van der Waals surface area contributed by atoms with E-state index in [0.717, 1.165) is 4.90 Å². The zero-order valence-electron chi connectivity index (χ0n) is 26.6. The molecule has 0 saturated carbocycles. The number of ether oxygens (including phenoxy) is 3. The number of esters is 2. The number of nitrogens with one attached hydrogen (secondary N) is 1. The Balaban J connectivity index is 3.18. The number of amides is 2. The molecule has 1 rings (SSSR count). The van der Waals surface area contributed by atoms with Crippen molar-refractivity contribution in [3.63, 3.8) is 0 Å². The van der Waals surface area contributed by atoms with Crippen molar-refractivity contribution < 1.29 is 43.3 Å². The summed E-state index contributed by atoms with van der Waals surface area (Å²) in [6.07, 6.45) is -1.54.